The molecule has 0 spiro atoms. The third-order valence-corrected chi connectivity index (χ3v) is 4.34. The minimum atomic E-state index is -1.04. The number of hydrogen-bond donors (Lipinski definition) is 0. The lowest BCUT2D eigenvalue weighted by Crippen LogP contribution is -2.29. The Kier molecular flexibility index (Phi) is 3.46. The molecular formula is C18H11ClF2N2O. The number of aromatic nitrogens is 1. The number of pyridine rings is 1. The molecule has 1 amide bonds. The standard InChI is InChI=1S/C18H11ClF2N2O/c19-13-2-4-16-12(8-13)7-10-5-6-23(17(10)22-16)18(24)11-1-3-14(20)15(21)9-11/h1-4,7-9H,5-6H2. The van der Waals surface area contributed by atoms with Crippen molar-refractivity contribution in [2.45, 2.75) is 6.42 Å². The number of nitrogens with zero attached hydrogens (tertiary/aromatic N) is 2. The van der Waals surface area contributed by atoms with Crippen LogP contribution in [0.4, 0.5) is 14.6 Å². The van der Waals surface area contributed by atoms with Crippen molar-refractivity contribution in [3.63, 3.8) is 0 Å². The van der Waals surface area contributed by atoms with Crippen LogP contribution in [-0.2, 0) is 6.42 Å². The predicted molar refractivity (Wildman–Crippen MR) is 88.5 cm³/mol. The van der Waals surface area contributed by atoms with Gasteiger partial charge < -0.3 is 0 Å². The summed E-state index contributed by atoms with van der Waals surface area (Å²) in [6.45, 7) is 0.449. The molecule has 6 heteroatoms. The Bertz CT molecular complexity index is 990. The molecule has 0 radical (unpaired) electrons. The molecule has 0 bridgehead atoms. The predicted octanol–water partition coefficient (Wildman–Crippen LogP) is 4.37. The fourth-order valence-electron chi connectivity index (χ4n) is 2.92. The first kappa shape index (κ1) is 15.0. The maximum absolute atomic E-state index is 13.4. The van der Waals surface area contributed by atoms with Crippen LogP contribution >= 0.6 is 11.6 Å². The van der Waals surface area contributed by atoms with E-state index in [4.69, 9.17) is 11.6 Å². The van der Waals surface area contributed by atoms with Crippen molar-refractivity contribution in [3.8, 4) is 0 Å². The zero-order valence-electron chi connectivity index (χ0n) is 12.4. The van der Waals surface area contributed by atoms with Crippen molar-refractivity contribution >= 4 is 34.2 Å². The molecule has 2 aromatic carbocycles. The summed E-state index contributed by atoms with van der Waals surface area (Å²) in [5.74, 6) is -1.86. The third kappa shape index (κ3) is 2.41. The Balaban J connectivity index is 1.76. The molecule has 3 nitrogen and oxygen atoms in total. The van der Waals surface area contributed by atoms with Crippen molar-refractivity contribution in [3.05, 3.63) is 70.2 Å². The molecule has 0 saturated heterocycles. The highest BCUT2D eigenvalue weighted by molar-refractivity contribution is 6.31. The molecule has 1 aliphatic heterocycles. The molecule has 0 saturated carbocycles. The quantitative estimate of drug-likeness (QED) is 0.656. The molecule has 24 heavy (non-hydrogen) atoms. The first-order valence-corrected chi connectivity index (χ1v) is 7.77. The number of anilines is 1. The maximum Gasteiger partial charge on any atom is 0.259 e. The molecule has 0 unspecified atom stereocenters. The maximum atomic E-state index is 13.4. The van der Waals surface area contributed by atoms with E-state index in [1.807, 2.05) is 12.1 Å². The van der Waals surface area contributed by atoms with Gasteiger partial charge in [0.25, 0.3) is 5.91 Å². The number of halogens is 3. The smallest absolute Gasteiger partial charge is 0.259 e. The summed E-state index contributed by atoms with van der Waals surface area (Å²) in [5.41, 5.74) is 1.75. The van der Waals surface area contributed by atoms with E-state index in [1.54, 1.807) is 12.1 Å². The Morgan fingerprint density at radius 1 is 1.08 bits per heavy atom. The van der Waals surface area contributed by atoms with E-state index in [2.05, 4.69) is 4.98 Å². The van der Waals surface area contributed by atoms with Gasteiger partial charge in [-0.3, -0.25) is 9.69 Å². The normalized spacial score (nSPS) is 13.4. The van der Waals surface area contributed by atoms with Gasteiger partial charge in [0, 0.05) is 22.5 Å². The van der Waals surface area contributed by atoms with E-state index in [9.17, 15) is 13.6 Å². The van der Waals surface area contributed by atoms with Crippen LogP contribution in [-0.4, -0.2) is 17.4 Å². The SMILES string of the molecule is O=C(c1ccc(F)c(F)c1)N1CCc2cc3cc(Cl)ccc3nc21. The van der Waals surface area contributed by atoms with Gasteiger partial charge >= 0.3 is 0 Å². The van der Waals surface area contributed by atoms with Crippen molar-refractivity contribution in [1.29, 1.82) is 0 Å². The highest BCUT2D eigenvalue weighted by atomic mass is 35.5. The zero-order valence-corrected chi connectivity index (χ0v) is 13.1. The van der Waals surface area contributed by atoms with Gasteiger partial charge in [-0.2, -0.15) is 0 Å². The van der Waals surface area contributed by atoms with Gasteiger partial charge in [-0.25, -0.2) is 13.8 Å². The minimum absolute atomic E-state index is 0.0970. The summed E-state index contributed by atoms with van der Waals surface area (Å²) in [7, 11) is 0. The Morgan fingerprint density at radius 3 is 2.71 bits per heavy atom. The van der Waals surface area contributed by atoms with Gasteiger partial charge in [-0.15, -0.1) is 0 Å². The van der Waals surface area contributed by atoms with Crippen molar-refractivity contribution in [1.82, 2.24) is 4.98 Å². The first-order chi connectivity index (χ1) is 11.5. The number of carbonyl (C=O) groups excluding carboxylic acids is 1. The second-order valence-corrected chi connectivity index (χ2v) is 6.08. The molecular weight excluding hydrogens is 334 g/mol. The van der Waals surface area contributed by atoms with Gasteiger partial charge in [0.2, 0.25) is 0 Å². The average Bonchev–Trinajstić information content (AvgIpc) is 2.97. The lowest BCUT2D eigenvalue weighted by atomic mass is 10.1. The van der Waals surface area contributed by atoms with Crippen LogP contribution in [0.5, 0.6) is 0 Å². The highest BCUT2D eigenvalue weighted by Gasteiger charge is 2.28. The van der Waals surface area contributed by atoms with Crippen LogP contribution in [0.3, 0.4) is 0 Å². The second-order valence-electron chi connectivity index (χ2n) is 5.64. The third-order valence-electron chi connectivity index (χ3n) is 4.10. The average molecular weight is 345 g/mol. The van der Waals surface area contributed by atoms with Crippen LogP contribution in [0, 0.1) is 11.6 Å². The first-order valence-electron chi connectivity index (χ1n) is 7.39. The Morgan fingerprint density at radius 2 is 1.92 bits per heavy atom. The van der Waals surface area contributed by atoms with Crippen LogP contribution < -0.4 is 4.90 Å². The van der Waals surface area contributed by atoms with Gasteiger partial charge in [-0.05, 0) is 54.4 Å². The van der Waals surface area contributed by atoms with Crippen molar-refractivity contribution in [2.75, 3.05) is 11.4 Å². The zero-order chi connectivity index (χ0) is 16.8. The van der Waals surface area contributed by atoms with Crippen LogP contribution in [0.2, 0.25) is 5.02 Å². The van der Waals surface area contributed by atoms with Crippen LogP contribution in [0.1, 0.15) is 15.9 Å². The Hall–Kier alpha value is -2.53. The van der Waals surface area contributed by atoms with Gasteiger partial charge in [0.05, 0.1) is 5.52 Å². The van der Waals surface area contributed by atoms with E-state index >= 15 is 0 Å². The van der Waals surface area contributed by atoms with E-state index in [-0.39, 0.29) is 5.56 Å². The monoisotopic (exact) mass is 344 g/mol. The molecule has 2 heterocycles. The number of benzene rings is 2. The largest absolute Gasteiger partial charge is 0.292 e. The fraction of sp³-hybridized carbons (Fsp3) is 0.111. The number of hydrogen-bond acceptors (Lipinski definition) is 2. The number of amides is 1. The van der Waals surface area contributed by atoms with E-state index in [1.165, 1.54) is 11.0 Å². The Labute approximate surface area is 141 Å². The minimum Gasteiger partial charge on any atom is -0.292 e. The topological polar surface area (TPSA) is 33.2 Å². The summed E-state index contributed by atoms with van der Waals surface area (Å²) < 4.78 is 26.5. The molecule has 3 aromatic rings. The lowest BCUT2D eigenvalue weighted by Gasteiger charge is -2.17. The number of rotatable bonds is 1. The molecule has 0 N–H and O–H groups in total. The van der Waals surface area contributed by atoms with Gasteiger partial charge in [0.1, 0.15) is 5.82 Å². The van der Waals surface area contributed by atoms with Crippen LogP contribution in [0.15, 0.2) is 42.5 Å². The van der Waals surface area contributed by atoms with E-state index < -0.39 is 17.5 Å². The van der Waals surface area contributed by atoms with Crippen LogP contribution in [0.25, 0.3) is 10.9 Å². The highest BCUT2D eigenvalue weighted by Crippen LogP contribution is 2.31. The fourth-order valence-corrected chi connectivity index (χ4v) is 3.10. The van der Waals surface area contributed by atoms with Gasteiger partial charge in [0.15, 0.2) is 11.6 Å². The number of carbonyl (C=O) groups is 1. The summed E-state index contributed by atoms with van der Waals surface area (Å²) in [4.78, 5) is 18.7. The molecule has 0 aliphatic carbocycles. The summed E-state index contributed by atoms with van der Waals surface area (Å²) in [6.07, 6.45) is 0.653. The summed E-state index contributed by atoms with van der Waals surface area (Å²) in [6, 6.07) is 10.5. The van der Waals surface area contributed by atoms with Crippen molar-refractivity contribution < 1.29 is 13.6 Å². The van der Waals surface area contributed by atoms with E-state index in [0.29, 0.717) is 23.8 Å². The van der Waals surface area contributed by atoms with Crippen molar-refractivity contribution in [2.24, 2.45) is 0 Å². The van der Waals surface area contributed by atoms with E-state index in [0.717, 1.165) is 28.6 Å². The van der Waals surface area contributed by atoms with Gasteiger partial charge in [-0.1, -0.05) is 11.6 Å². The lowest BCUT2D eigenvalue weighted by molar-refractivity contribution is 0.0988. The molecule has 0 atom stereocenters. The molecule has 0 fully saturated rings. The summed E-state index contributed by atoms with van der Waals surface area (Å²) in [5, 5.41) is 1.53. The number of fused-ring (bicyclic) bond motifs is 2. The molecule has 1 aromatic heterocycles. The summed E-state index contributed by atoms with van der Waals surface area (Å²) >= 11 is 6.00. The second kappa shape index (κ2) is 5.53. The molecule has 120 valence electrons. The molecule has 4 rings (SSSR count). The molecule has 1 aliphatic rings.